The van der Waals surface area contributed by atoms with Crippen molar-refractivity contribution in [3.05, 3.63) is 108 Å². The van der Waals surface area contributed by atoms with Gasteiger partial charge in [0.2, 0.25) is 0 Å². The molecule has 0 bridgehead atoms. The van der Waals surface area contributed by atoms with Crippen LogP contribution in [-0.4, -0.2) is 31.4 Å². The average Bonchev–Trinajstić information content (AvgIpc) is 2.70. The van der Waals surface area contributed by atoms with Crippen molar-refractivity contribution in [2.45, 2.75) is 12.6 Å². The van der Waals surface area contributed by atoms with Crippen LogP contribution in [0.3, 0.4) is 0 Å². The Morgan fingerprint density at radius 3 is 1.74 bits per heavy atom. The maximum atomic E-state index is 12.8. The Hall–Kier alpha value is -2.91. The van der Waals surface area contributed by atoms with Crippen molar-refractivity contribution in [3.8, 4) is 0 Å². The van der Waals surface area contributed by atoms with E-state index in [1.807, 2.05) is 42.3 Å². The lowest BCUT2D eigenvalue weighted by molar-refractivity contribution is -0.898. The summed E-state index contributed by atoms with van der Waals surface area (Å²) in [5.41, 5.74) is 3.59. The van der Waals surface area contributed by atoms with Gasteiger partial charge in [0.25, 0.3) is 5.91 Å². The summed E-state index contributed by atoms with van der Waals surface area (Å²) in [6, 6.07) is 31.1. The standard InChI is InChI=1S/C24H26N2O/c1-25(18-20-12-6-3-7-13-20)23(27)19-26(2)24(21-14-8-4-9-15-21)22-16-10-5-11-17-22/h3-17,24H,18-19H2,1-2H3/p+1. The summed E-state index contributed by atoms with van der Waals surface area (Å²) >= 11 is 0. The minimum Gasteiger partial charge on any atom is -0.337 e. The Bertz CT molecular complexity index is 795. The van der Waals surface area contributed by atoms with Gasteiger partial charge in [-0.25, -0.2) is 0 Å². The highest BCUT2D eigenvalue weighted by Crippen LogP contribution is 2.18. The van der Waals surface area contributed by atoms with Gasteiger partial charge in [0.05, 0.1) is 7.05 Å². The van der Waals surface area contributed by atoms with Crippen LogP contribution >= 0.6 is 0 Å². The SMILES string of the molecule is CN(Cc1ccccc1)C(=O)C[NH+](C)C(c1ccccc1)c1ccccc1. The van der Waals surface area contributed by atoms with Crippen LogP contribution in [0.15, 0.2) is 91.0 Å². The number of carbonyl (C=O) groups is 1. The quantitative estimate of drug-likeness (QED) is 0.689. The fourth-order valence-electron chi connectivity index (χ4n) is 3.47. The molecule has 0 heterocycles. The molecule has 3 rings (SSSR count). The lowest BCUT2D eigenvalue weighted by Gasteiger charge is -2.27. The zero-order valence-electron chi connectivity index (χ0n) is 16.0. The van der Waals surface area contributed by atoms with Gasteiger partial charge >= 0.3 is 0 Å². The van der Waals surface area contributed by atoms with E-state index in [4.69, 9.17) is 0 Å². The lowest BCUT2D eigenvalue weighted by Crippen LogP contribution is -3.10. The van der Waals surface area contributed by atoms with Crippen molar-refractivity contribution < 1.29 is 9.69 Å². The van der Waals surface area contributed by atoms with Crippen molar-refractivity contribution in [1.29, 1.82) is 0 Å². The van der Waals surface area contributed by atoms with Gasteiger partial charge < -0.3 is 9.80 Å². The minimum atomic E-state index is 0.126. The molecule has 0 aliphatic heterocycles. The monoisotopic (exact) mass is 359 g/mol. The fourth-order valence-corrected chi connectivity index (χ4v) is 3.47. The fraction of sp³-hybridized carbons (Fsp3) is 0.208. The molecule has 0 spiro atoms. The Kier molecular flexibility index (Phi) is 6.39. The average molecular weight is 359 g/mol. The smallest absolute Gasteiger partial charge is 0.277 e. The molecule has 1 N–H and O–H groups in total. The van der Waals surface area contributed by atoms with E-state index in [1.54, 1.807) is 0 Å². The number of hydrogen-bond acceptors (Lipinski definition) is 1. The summed E-state index contributed by atoms with van der Waals surface area (Å²) in [5.74, 6) is 0.146. The van der Waals surface area contributed by atoms with Gasteiger partial charge in [-0.15, -0.1) is 0 Å². The van der Waals surface area contributed by atoms with Gasteiger partial charge in [0.1, 0.15) is 6.04 Å². The molecule has 0 aliphatic carbocycles. The van der Waals surface area contributed by atoms with Crippen molar-refractivity contribution in [1.82, 2.24) is 4.90 Å². The number of nitrogens with one attached hydrogen (secondary N) is 1. The number of amides is 1. The molecule has 1 amide bonds. The first-order chi connectivity index (χ1) is 13.1. The van der Waals surface area contributed by atoms with Crippen molar-refractivity contribution >= 4 is 5.91 Å². The van der Waals surface area contributed by atoms with E-state index < -0.39 is 0 Å². The van der Waals surface area contributed by atoms with E-state index in [0.29, 0.717) is 13.1 Å². The van der Waals surface area contributed by atoms with Gasteiger partial charge in [-0.05, 0) is 5.56 Å². The normalized spacial score (nSPS) is 12.0. The molecule has 0 aliphatic rings. The van der Waals surface area contributed by atoms with Crippen LogP contribution in [0.1, 0.15) is 22.7 Å². The van der Waals surface area contributed by atoms with E-state index in [9.17, 15) is 4.79 Å². The molecule has 1 atom stereocenters. The third kappa shape index (κ3) is 5.05. The van der Waals surface area contributed by atoms with Gasteiger partial charge in [0.15, 0.2) is 6.54 Å². The van der Waals surface area contributed by atoms with E-state index in [1.165, 1.54) is 11.1 Å². The first-order valence-electron chi connectivity index (χ1n) is 9.35. The van der Waals surface area contributed by atoms with E-state index in [0.717, 1.165) is 10.5 Å². The third-order valence-corrected chi connectivity index (χ3v) is 4.88. The Morgan fingerprint density at radius 1 is 0.815 bits per heavy atom. The van der Waals surface area contributed by atoms with Crippen LogP contribution in [0.5, 0.6) is 0 Å². The van der Waals surface area contributed by atoms with E-state index >= 15 is 0 Å². The zero-order valence-corrected chi connectivity index (χ0v) is 16.0. The van der Waals surface area contributed by atoms with Gasteiger partial charge in [-0.3, -0.25) is 4.79 Å². The molecule has 0 fully saturated rings. The molecule has 27 heavy (non-hydrogen) atoms. The molecule has 1 unspecified atom stereocenters. The van der Waals surface area contributed by atoms with Crippen LogP contribution in [0.4, 0.5) is 0 Å². The Morgan fingerprint density at radius 2 is 1.26 bits per heavy atom. The molecule has 0 aromatic heterocycles. The molecule has 0 radical (unpaired) electrons. The molecule has 138 valence electrons. The summed E-state index contributed by atoms with van der Waals surface area (Å²) in [6.45, 7) is 1.08. The highest BCUT2D eigenvalue weighted by Gasteiger charge is 2.26. The van der Waals surface area contributed by atoms with Gasteiger partial charge in [-0.2, -0.15) is 0 Å². The predicted octanol–water partition coefficient (Wildman–Crippen LogP) is 2.95. The first-order valence-corrected chi connectivity index (χ1v) is 9.35. The molecule has 3 aromatic rings. The third-order valence-electron chi connectivity index (χ3n) is 4.88. The second-order valence-corrected chi connectivity index (χ2v) is 7.01. The number of likely N-dealkylation sites (N-methyl/N-ethyl adjacent to an activating group) is 2. The largest absolute Gasteiger partial charge is 0.337 e. The van der Waals surface area contributed by atoms with Crippen LogP contribution in [0.25, 0.3) is 0 Å². The lowest BCUT2D eigenvalue weighted by atomic mass is 9.97. The highest BCUT2D eigenvalue weighted by atomic mass is 16.2. The number of hydrogen-bond donors (Lipinski definition) is 1. The zero-order chi connectivity index (χ0) is 19.1. The molecule has 0 saturated carbocycles. The van der Waals surface area contributed by atoms with Crippen LogP contribution in [-0.2, 0) is 11.3 Å². The molecule has 3 nitrogen and oxygen atoms in total. The highest BCUT2D eigenvalue weighted by molar-refractivity contribution is 5.76. The molecule has 3 heteroatoms. The van der Waals surface area contributed by atoms with Crippen molar-refractivity contribution in [2.24, 2.45) is 0 Å². The number of carbonyl (C=O) groups excluding carboxylic acids is 1. The maximum absolute atomic E-state index is 12.8. The molecular weight excluding hydrogens is 332 g/mol. The summed E-state index contributed by atoms with van der Waals surface area (Å²) in [5, 5.41) is 0. The van der Waals surface area contributed by atoms with Crippen molar-refractivity contribution in [2.75, 3.05) is 20.6 Å². The molecular formula is C24H27N2O+. The number of benzene rings is 3. The Balaban J connectivity index is 1.74. The minimum absolute atomic E-state index is 0.126. The molecule has 3 aromatic carbocycles. The second-order valence-electron chi connectivity index (χ2n) is 7.01. The molecule has 0 saturated heterocycles. The van der Waals surface area contributed by atoms with E-state index in [2.05, 4.69) is 67.7 Å². The summed E-state index contributed by atoms with van der Waals surface area (Å²) in [4.78, 5) is 15.8. The van der Waals surface area contributed by atoms with E-state index in [-0.39, 0.29) is 11.9 Å². The number of rotatable bonds is 7. The van der Waals surface area contributed by atoms with Crippen LogP contribution < -0.4 is 4.90 Å². The maximum Gasteiger partial charge on any atom is 0.277 e. The van der Waals surface area contributed by atoms with Crippen LogP contribution in [0.2, 0.25) is 0 Å². The number of nitrogens with zero attached hydrogens (tertiary/aromatic N) is 1. The summed E-state index contributed by atoms with van der Waals surface area (Å²) < 4.78 is 0. The number of quaternary nitrogens is 1. The summed E-state index contributed by atoms with van der Waals surface area (Å²) in [7, 11) is 3.97. The van der Waals surface area contributed by atoms with Gasteiger partial charge in [-0.1, -0.05) is 91.0 Å². The second kappa shape index (κ2) is 9.15. The van der Waals surface area contributed by atoms with Crippen molar-refractivity contribution in [3.63, 3.8) is 0 Å². The van der Waals surface area contributed by atoms with Gasteiger partial charge in [0, 0.05) is 24.7 Å². The summed E-state index contributed by atoms with van der Waals surface area (Å²) in [6.07, 6.45) is 0. The Labute approximate surface area is 161 Å². The first kappa shape index (κ1) is 18.9. The topological polar surface area (TPSA) is 24.8 Å². The van der Waals surface area contributed by atoms with Crippen LogP contribution in [0, 0.1) is 0 Å². The predicted molar refractivity (Wildman–Crippen MR) is 109 cm³/mol.